The van der Waals surface area contributed by atoms with Crippen molar-refractivity contribution in [1.29, 1.82) is 0 Å². The predicted molar refractivity (Wildman–Crippen MR) is 73.0 cm³/mol. The van der Waals surface area contributed by atoms with Crippen LogP contribution in [0.2, 0.25) is 5.02 Å². The molecule has 0 saturated carbocycles. The fraction of sp³-hybridized carbons (Fsp3) is 0.500. The highest BCUT2D eigenvalue weighted by atomic mass is 35.5. The fourth-order valence-electron chi connectivity index (χ4n) is 1.62. The van der Waals surface area contributed by atoms with Gasteiger partial charge in [-0.1, -0.05) is 30.2 Å². The number of hydrogen-bond donors (Lipinski definition) is 0. The lowest BCUT2D eigenvalue weighted by atomic mass is 10.2. The van der Waals surface area contributed by atoms with Crippen LogP contribution in [0.25, 0.3) is 0 Å². The largest absolute Gasteiger partial charge is 0.143 e. The van der Waals surface area contributed by atoms with E-state index in [0.29, 0.717) is 4.58 Å². The first-order chi connectivity index (χ1) is 7.36. The van der Waals surface area contributed by atoms with Crippen molar-refractivity contribution in [1.82, 2.24) is 0 Å². The SMILES string of the molecule is Clc1ccc(C2SCCCCCS2)cc1. The molecule has 0 nitrogen and oxygen atoms in total. The summed E-state index contributed by atoms with van der Waals surface area (Å²) in [5.74, 6) is 2.58. The molecule has 82 valence electrons. The highest BCUT2D eigenvalue weighted by Crippen LogP contribution is 2.41. The van der Waals surface area contributed by atoms with Crippen LogP contribution in [0.1, 0.15) is 29.4 Å². The van der Waals surface area contributed by atoms with Gasteiger partial charge in [0.2, 0.25) is 0 Å². The number of rotatable bonds is 1. The molecule has 0 bridgehead atoms. The van der Waals surface area contributed by atoms with Crippen LogP contribution in [0.3, 0.4) is 0 Å². The summed E-state index contributed by atoms with van der Waals surface area (Å²) in [6.07, 6.45) is 4.14. The minimum Gasteiger partial charge on any atom is -0.143 e. The first-order valence-electron chi connectivity index (χ1n) is 5.35. The monoisotopic (exact) mass is 258 g/mol. The van der Waals surface area contributed by atoms with Crippen LogP contribution in [0.4, 0.5) is 0 Å². The first-order valence-corrected chi connectivity index (χ1v) is 7.82. The second-order valence-corrected chi connectivity index (χ2v) is 6.85. The molecule has 1 aromatic rings. The quantitative estimate of drug-likeness (QED) is 0.696. The standard InChI is InChI=1S/C12H15ClS2/c13-11-6-4-10(5-7-11)12-14-8-2-1-3-9-15-12/h4-7,12H,1-3,8-9H2. The number of thioether (sulfide) groups is 2. The Morgan fingerprint density at radius 2 is 1.53 bits per heavy atom. The Morgan fingerprint density at radius 3 is 2.13 bits per heavy atom. The summed E-state index contributed by atoms with van der Waals surface area (Å²) in [6.45, 7) is 0. The van der Waals surface area contributed by atoms with Gasteiger partial charge in [0.15, 0.2) is 0 Å². The van der Waals surface area contributed by atoms with Crippen molar-refractivity contribution < 1.29 is 0 Å². The van der Waals surface area contributed by atoms with Gasteiger partial charge in [-0.3, -0.25) is 0 Å². The number of benzene rings is 1. The van der Waals surface area contributed by atoms with E-state index in [-0.39, 0.29) is 0 Å². The molecule has 1 aromatic carbocycles. The van der Waals surface area contributed by atoms with Crippen molar-refractivity contribution in [3.05, 3.63) is 34.9 Å². The minimum atomic E-state index is 0.613. The Kier molecular flexibility index (Phi) is 4.73. The van der Waals surface area contributed by atoms with Gasteiger partial charge >= 0.3 is 0 Å². The van der Waals surface area contributed by atoms with Gasteiger partial charge in [0, 0.05) is 5.02 Å². The maximum Gasteiger partial charge on any atom is 0.0751 e. The van der Waals surface area contributed by atoms with Crippen molar-refractivity contribution in [3.8, 4) is 0 Å². The molecule has 0 spiro atoms. The average molecular weight is 259 g/mol. The molecule has 0 radical (unpaired) electrons. The smallest absolute Gasteiger partial charge is 0.0751 e. The van der Waals surface area contributed by atoms with E-state index in [1.807, 2.05) is 12.1 Å². The maximum absolute atomic E-state index is 5.90. The lowest BCUT2D eigenvalue weighted by Gasteiger charge is -2.19. The fourth-order valence-corrected chi connectivity index (χ4v) is 4.58. The van der Waals surface area contributed by atoms with Gasteiger partial charge in [-0.2, -0.15) is 0 Å². The lowest BCUT2D eigenvalue weighted by molar-refractivity contribution is 0.782. The molecule has 0 amide bonds. The zero-order valence-corrected chi connectivity index (χ0v) is 11.0. The van der Waals surface area contributed by atoms with Crippen molar-refractivity contribution in [3.63, 3.8) is 0 Å². The summed E-state index contributed by atoms with van der Waals surface area (Å²) in [7, 11) is 0. The van der Waals surface area contributed by atoms with E-state index < -0.39 is 0 Å². The Morgan fingerprint density at radius 1 is 0.933 bits per heavy atom. The Hall–Kier alpha value is 0.210. The van der Waals surface area contributed by atoms with Crippen LogP contribution >= 0.6 is 35.1 Å². The van der Waals surface area contributed by atoms with E-state index in [9.17, 15) is 0 Å². The summed E-state index contributed by atoms with van der Waals surface area (Å²) in [4.78, 5) is 0. The summed E-state index contributed by atoms with van der Waals surface area (Å²) in [5.41, 5.74) is 1.41. The number of halogens is 1. The van der Waals surface area contributed by atoms with Gasteiger partial charge in [0.25, 0.3) is 0 Å². The normalized spacial score (nSPS) is 19.5. The van der Waals surface area contributed by atoms with Crippen LogP contribution in [0.5, 0.6) is 0 Å². The minimum absolute atomic E-state index is 0.613. The third-order valence-corrected chi connectivity index (χ3v) is 5.74. The molecule has 1 aliphatic rings. The molecule has 0 aliphatic carbocycles. The van der Waals surface area contributed by atoms with Crippen molar-refractivity contribution in [2.75, 3.05) is 11.5 Å². The molecule has 0 atom stereocenters. The van der Waals surface area contributed by atoms with Crippen LogP contribution in [0, 0.1) is 0 Å². The Bertz CT molecular complexity index is 289. The van der Waals surface area contributed by atoms with E-state index in [4.69, 9.17) is 11.6 Å². The zero-order valence-electron chi connectivity index (χ0n) is 8.62. The molecule has 0 unspecified atom stereocenters. The molecular formula is C12H15ClS2. The second-order valence-electron chi connectivity index (χ2n) is 3.69. The topological polar surface area (TPSA) is 0 Å². The van der Waals surface area contributed by atoms with Crippen LogP contribution in [-0.4, -0.2) is 11.5 Å². The lowest BCUT2D eigenvalue weighted by Crippen LogP contribution is -1.97. The zero-order chi connectivity index (χ0) is 10.5. The van der Waals surface area contributed by atoms with Gasteiger partial charge in [-0.25, -0.2) is 0 Å². The van der Waals surface area contributed by atoms with Crippen LogP contribution < -0.4 is 0 Å². The molecular weight excluding hydrogens is 244 g/mol. The van der Waals surface area contributed by atoms with Gasteiger partial charge in [-0.15, -0.1) is 23.5 Å². The molecule has 15 heavy (non-hydrogen) atoms. The first kappa shape index (κ1) is 11.7. The predicted octanol–water partition coefficient (Wildman–Crippen LogP) is 4.99. The van der Waals surface area contributed by atoms with E-state index >= 15 is 0 Å². The summed E-state index contributed by atoms with van der Waals surface area (Å²) < 4.78 is 0.613. The van der Waals surface area contributed by atoms with Gasteiger partial charge in [0.05, 0.1) is 4.58 Å². The molecule has 3 heteroatoms. The highest BCUT2D eigenvalue weighted by molar-refractivity contribution is 8.16. The van der Waals surface area contributed by atoms with Gasteiger partial charge < -0.3 is 0 Å². The Labute approximate surface area is 105 Å². The van der Waals surface area contributed by atoms with Crippen molar-refractivity contribution in [2.45, 2.75) is 23.8 Å². The van der Waals surface area contributed by atoms with Gasteiger partial charge in [0.1, 0.15) is 0 Å². The van der Waals surface area contributed by atoms with Crippen molar-refractivity contribution >= 4 is 35.1 Å². The summed E-state index contributed by atoms with van der Waals surface area (Å²) >= 11 is 10.0. The van der Waals surface area contributed by atoms with Crippen LogP contribution in [-0.2, 0) is 0 Å². The van der Waals surface area contributed by atoms with E-state index in [2.05, 4.69) is 35.7 Å². The van der Waals surface area contributed by atoms with Gasteiger partial charge in [-0.05, 0) is 42.0 Å². The van der Waals surface area contributed by atoms with Crippen molar-refractivity contribution in [2.24, 2.45) is 0 Å². The Balaban J connectivity index is 2.03. The molecule has 0 aromatic heterocycles. The molecule has 1 aliphatic heterocycles. The van der Waals surface area contributed by atoms with E-state index in [0.717, 1.165) is 5.02 Å². The molecule has 1 fully saturated rings. The summed E-state index contributed by atoms with van der Waals surface area (Å²) in [6, 6.07) is 8.32. The molecule has 2 rings (SSSR count). The molecule has 1 saturated heterocycles. The average Bonchev–Trinajstić information content (AvgIpc) is 2.19. The highest BCUT2D eigenvalue weighted by Gasteiger charge is 2.13. The second kappa shape index (κ2) is 6.07. The summed E-state index contributed by atoms with van der Waals surface area (Å²) in [5, 5.41) is 0.833. The van der Waals surface area contributed by atoms with E-state index in [1.165, 1.54) is 36.3 Å². The maximum atomic E-state index is 5.90. The number of hydrogen-bond acceptors (Lipinski definition) is 2. The van der Waals surface area contributed by atoms with E-state index in [1.54, 1.807) is 0 Å². The third-order valence-electron chi connectivity index (χ3n) is 2.47. The van der Waals surface area contributed by atoms with Crippen LogP contribution in [0.15, 0.2) is 24.3 Å². The molecule has 1 heterocycles. The third kappa shape index (κ3) is 3.61. The molecule has 0 N–H and O–H groups in total.